The summed E-state index contributed by atoms with van der Waals surface area (Å²) >= 11 is 7.37. The van der Waals surface area contributed by atoms with Crippen LogP contribution in [-0.2, 0) is 10.8 Å². The third-order valence-corrected chi connectivity index (χ3v) is 14.7. The van der Waals surface area contributed by atoms with Gasteiger partial charge in [-0.2, -0.15) is 0 Å². The number of benzene rings is 7. The van der Waals surface area contributed by atoms with E-state index in [0.717, 1.165) is 42.8 Å². The predicted octanol–water partition coefficient (Wildman–Crippen LogP) is 18.2. The standard InChI is InChI=1S/C56H54Br2N2/c1-37(2)49-25-21-47(35-53(49)55(5)29-7-8-30-55)59(43-17-13-41(57)14-18-43)45-23-27-51-39(33-45)11-12-40-34-46(24-28-52(40)51)60(44-19-15-42(58)16-20-44)48-22-26-50(38(3)4)54(36-48)56(6)31-9-10-32-56/h11-28,33-36H,1,3,7-10,29-32H2,2,4-6H3. The molecule has 0 bridgehead atoms. The van der Waals surface area contributed by atoms with Crippen LogP contribution in [0.15, 0.2) is 156 Å². The van der Waals surface area contributed by atoms with Crippen LogP contribution in [0.2, 0.25) is 0 Å². The van der Waals surface area contributed by atoms with Gasteiger partial charge in [-0.15, -0.1) is 0 Å². The Hall–Kier alpha value is -4.90. The van der Waals surface area contributed by atoms with Crippen molar-refractivity contribution in [3.8, 4) is 0 Å². The van der Waals surface area contributed by atoms with Gasteiger partial charge in [-0.3, -0.25) is 0 Å². The fourth-order valence-corrected chi connectivity index (χ4v) is 10.9. The van der Waals surface area contributed by atoms with E-state index in [2.05, 4.69) is 216 Å². The van der Waals surface area contributed by atoms with Crippen molar-refractivity contribution in [1.29, 1.82) is 0 Å². The summed E-state index contributed by atoms with van der Waals surface area (Å²) in [6.07, 6.45) is 9.95. The second kappa shape index (κ2) is 16.2. The third kappa shape index (κ3) is 7.56. The second-order valence-corrected chi connectivity index (χ2v) is 19.9. The second-order valence-electron chi connectivity index (χ2n) is 18.1. The summed E-state index contributed by atoms with van der Waals surface area (Å²) in [6.45, 7) is 18.0. The van der Waals surface area contributed by atoms with E-state index < -0.39 is 0 Å². The topological polar surface area (TPSA) is 6.48 Å². The van der Waals surface area contributed by atoms with Crippen molar-refractivity contribution in [1.82, 2.24) is 0 Å². The van der Waals surface area contributed by atoms with Gasteiger partial charge >= 0.3 is 0 Å². The molecule has 2 aliphatic carbocycles. The highest BCUT2D eigenvalue weighted by atomic mass is 79.9. The highest BCUT2D eigenvalue weighted by Crippen LogP contribution is 2.48. The van der Waals surface area contributed by atoms with Crippen molar-refractivity contribution in [2.24, 2.45) is 0 Å². The molecule has 0 unspecified atom stereocenters. The fourth-order valence-electron chi connectivity index (χ4n) is 10.3. The number of anilines is 6. The molecule has 9 rings (SSSR count). The van der Waals surface area contributed by atoms with E-state index in [0.29, 0.717) is 0 Å². The van der Waals surface area contributed by atoms with Crippen LogP contribution in [0.25, 0.3) is 32.7 Å². The molecule has 2 aliphatic rings. The molecule has 7 aromatic carbocycles. The predicted molar refractivity (Wildman–Crippen MR) is 267 cm³/mol. The Balaban J connectivity index is 1.15. The average Bonchev–Trinajstić information content (AvgIpc) is 3.91. The lowest BCUT2D eigenvalue weighted by molar-refractivity contribution is 0.490. The molecule has 0 amide bonds. The minimum Gasteiger partial charge on any atom is -0.310 e. The Morgan fingerprint density at radius 3 is 1.10 bits per heavy atom. The average molecular weight is 915 g/mol. The molecule has 0 N–H and O–H groups in total. The monoisotopic (exact) mass is 912 g/mol. The number of hydrogen-bond acceptors (Lipinski definition) is 2. The van der Waals surface area contributed by atoms with Crippen LogP contribution in [0.5, 0.6) is 0 Å². The maximum atomic E-state index is 4.40. The van der Waals surface area contributed by atoms with Crippen LogP contribution in [0.4, 0.5) is 34.1 Å². The molecule has 4 heteroatoms. The minimum atomic E-state index is 0.147. The molecule has 0 radical (unpaired) electrons. The van der Waals surface area contributed by atoms with E-state index in [4.69, 9.17) is 0 Å². The maximum absolute atomic E-state index is 4.40. The first kappa shape index (κ1) is 40.5. The molecular formula is C56H54Br2N2. The SMILES string of the molecule is C=C(C)c1ccc(N(c2ccc(Br)cc2)c2ccc3c(ccc4cc(N(c5ccc(Br)cc5)c5ccc(C(=C)C)c(C6(C)CCCC6)c5)ccc43)c2)cc1C1(C)CCCC1. The van der Waals surface area contributed by atoms with Crippen molar-refractivity contribution in [3.05, 3.63) is 178 Å². The van der Waals surface area contributed by atoms with Gasteiger partial charge in [-0.25, -0.2) is 0 Å². The molecule has 2 fully saturated rings. The summed E-state index contributed by atoms with van der Waals surface area (Å²) in [4.78, 5) is 4.83. The Morgan fingerprint density at radius 2 is 0.750 bits per heavy atom. The lowest BCUT2D eigenvalue weighted by atomic mass is 9.77. The summed E-state index contributed by atoms with van der Waals surface area (Å²) < 4.78 is 2.14. The van der Waals surface area contributed by atoms with Crippen LogP contribution < -0.4 is 9.80 Å². The first-order valence-corrected chi connectivity index (χ1v) is 23.2. The van der Waals surface area contributed by atoms with E-state index in [-0.39, 0.29) is 10.8 Å². The Bertz CT molecular complexity index is 2580. The Morgan fingerprint density at radius 1 is 0.433 bits per heavy atom. The first-order chi connectivity index (χ1) is 28.9. The number of fused-ring (bicyclic) bond motifs is 3. The van der Waals surface area contributed by atoms with E-state index in [9.17, 15) is 0 Å². The van der Waals surface area contributed by atoms with Gasteiger partial charge in [0, 0.05) is 43.1 Å². The van der Waals surface area contributed by atoms with Crippen LogP contribution in [-0.4, -0.2) is 0 Å². The molecule has 0 aliphatic heterocycles. The van der Waals surface area contributed by atoms with E-state index in [1.165, 1.54) is 107 Å². The molecule has 0 saturated heterocycles. The summed E-state index contributed by atoms with van der Waals surface area (Å²) in [5.41, 5.74) is 14.8. The van der Waals surface area contributed by atoms with Gasteiger partial charge in [0.2, 0.25) is 0 Å². The van der Waals surface area contributed by atoms with Gasteiger partial charge in [0.1, 0.15) is 0 Å². The number of halogens is 2. The number of hydrogen-bond donors (Lipinski definition) is 0. The van der Waals surface area contributed by atoms with Crippen LogP contribution in [0, 0.1) is 0 Å². The summed E-state index contributed by atoms with van der Waals surface area (Å²) in [6, 6.07) is 50.0. The van der Waals surface area contributed by atoms with E-state index in [1.54, 1.807) is 0 Å². The molecule has 2 saturated carbocycles. The molecule has 2 nitrogen and oxygen atoms in total. The number of rotatable bonds is 10. The van der Waals surface area contributed by atoms with Gasteiger partial charge in [0.25, 0.3) is 0 Å². The summed E-state index contributed by atoms with van der Waals surface area (Å²) in [7, 11) is 0. The molecule has 0 atom stereocenters. The van der Waals surface area contributed by atoms with Crippen LogP contribution in [0.1, 0.15) is 101 Å². The molecular weight excluding hydrogens is 860 g/mol. The zero-order valence-corrected chi connectivity index (χ0v) is 38.6. The van der Waals surface area contributed by atoms with Crippen molar-refractivity contribution >= 4 is 98.7 Å². The van der Waals surface area contributed by atoms with Gasteiger partial charge in [0.05, 0.1) is 0 Å². The van der Waals surface area contributed by atoms with Crippen molar-refractivity contribution in [2.45, 2.75) is 89.9 Å². The Kier molecular flexibility index (Phi) is 10.9. The first-order valence-electron chi connectivity index (χ1n) is 21.6. The zero-order valence-electron chi connectivity index (χ0n) is 35.4. The fraction of sp³-hybridized carbons (Fsp3) is 0.250. The summed E-state index contributed by atoms with van der Waals surface area (Å²) in [5.74, 6) is 0. The molecule has 302 valence electrons. The van der Waals surface area contributed by atoms with Gasteiger partial charge in [0.15, 0.2) is 0 Å². The van der Waals surface area contributed by atoms with Crippen molar-refractivity contribution in [3.63, 3.8) is 0 Å². The highest BCUT2D eigenvalue weighted by Gasteiger charge is 2.35. The molecule has 0 spiro atoms. The number of allylic oxidation sites excluding steroid dienone is 2. The smallest absolute Gasteiger partial charge is 0.0468 e. The third-order valence-electron chi connectivity index (χ3n) is 13.6. The van der Waals surface area contributed by atoms with Gasteiger partial charge in [-0.05, 0) is 191 Å². The largest absolute Gasteiger partial charge is 0.310 e. The molecule has 7 aromatic rings. The van der Waals surface area contributed by atoms with Crippen molar-refractivity contribution in [2.75, 3.05) is 9.80 Å². The lowest BCUT2D eigenvalue weighted by Crippen LogP contribution is -2.20. The Labute approximate surface area is 373 Å². The van der Waals surface area contributed by atoms with Crippen LogP contribution >= 0.6 is 31.9 Å². The van der Waals surface area contributed by atoms with Gasteiger partial charge < -0.3 is 9.80 Å². The minimum absolute atomic E-state index is 0.147. The normalized spacial score (nSPS) is 15.7. The van der Waals surface area contributed by atoms with E-state index in [1.807, 2.05) is 0 Å². The molecule has 60 heavy (non-hydrogen) atoms. The quantitative estimate of drug-likeness (QED) is 0.126. The van der Waals surface area contributed by atoms with Gasteiger partial charge in [-0.1, -0.05) is 132 Å². The van der Waals surface area contributed by atoms with Crippen molar-refractivity contribution < 1.29 is 0 Å². The summed E-state index contributed by atoms with van der Waals surface area (Å²) in [5, 5.41) is 4.91. The highest BCUT2D eigenvalue weighted by molar-refractivity contribution is 9.10. The molecule has 0 heterocycles. The van der Waals surface area contributed by atoms with Crippen LogP contribution in [0.3, 0.4) is 0 Å². The molecule has 0 aromatic heterocycles. The maximum Gasteiger partial charge on any atom is 0.0468 e. The van der Waals surface area contributed by atoms with E-state index >= 15 is 0 Å². The zero-order chi connectivity index (χ0) is 41.8. The number of nitrogens with zero attached hydrogens (tertiary/aromatic N) is 2. The lowest BCUT2D eigenvalue weighted by Gasteiger charge is -2.32.